The first-order chi connectivity index (χ1) is 10.2. The third-order valence-electron chi connectivity index (χ3n) is 3.54. The number of ether oxygens (including phenoxy) is 1. The molecule has 21 heavy (non-hydrogen) atoms. The molecule has 0 saturated carbocycles. The molecule has 2 rings (SSSR count). The molecule has 0 radical (unpaired) electrons. The highest BCUT2D eigenvalue weighted by molar-refractivity contribution is 9.10. The molecule has 0 spiro atoms. The van der Waals surface area contributed by atoms with Crippen molar-refractivity contribution in [3.8, 4) is 5.75 Å². The van der Waals surface area contributed by atoms with E-state index in [-0.39, 0.29) is 0 Å². The van der Waals surface area contributed by atoms with Gasteiger partial charge in [-0.25, -0.2) is 0 Å². The fourth-order valence-electron chi connectivity index (χ4n) is 2.40. The Balaban J connectivity index is 2.24. The summed E-state index contributed by atoms with van der Waals surface area (Å²) in [6, 6.07) is 16.9. The van der Waals surface area contributed by atoms with E-state index in [1.807, 2.05) is 12.1 Å². The van der Waals surface area contributed by atoms with Crippen LogP contribution in [0.3, 0.4) is 0 Å². The first-order valence-electron chi connectivity index (χ1n) is 7.39. The van der Waals surface area contributed by atoms with E-state index in [4.69, 9.17) is 4.74 Å². The van der Waals surface area contributed by atoms with Gasteiger partial charge in [0.1, 0.15) is 5.75 Å². The number of benzene rings is 2. The first-order valence-corrected chi connectivity index (χ1v) is 8.19. The quantitative estimate of drug-likeness (QED) is 0.683. The predicted molar refractivity (Wildman–Crippen MR) is 93.0 cm³/mol. The number of hydrogen-bond acceptors (Lipinski definition) is 2. The second-order valence-corrected chi connectivity index (χ2v) is 6.01. The Bertz CT molecular complexity index is 556. The van der Waals surface area contributed by atoms with E-state index in [2.05, 4.69) is 64.6 Å². The van der Waals surface area contributed by atoms with Gasteiger partial charge in [0.05, 0.1) is 18.8 Å². The van der Waals surface area contributed by atoms with Gasteiger partial charge in [-0.05, 0) is 30.2 Å². The fourth-order valence-corrected chi connectivity index (χ4v) is 2.76. The van der Waals surface area contributed by atoms with Crippen molar-refractivity contribution < 1.29 is 4.74 Å². The van der Waals surface area contributed by atoms with E-state index in [1.54, 1.807) is 7.11 Å². The van der Waals surface area contributed by atoms with Crippen LogP contribution in [0.25, 0.3) is 0 Å². The van der Waals surface area contributed by atoms with Crippen molar-refractivity contribution >= 4 is 21.6 Å². The third kappa shape index (κ3) is 4.50. The molecule has 0 saturated heterocycles. The molecular formula is C18H22BrNO. The van der Waals surface area contributed by atoms with Crippen LogP contribution in [0.1, 0.15) is 37.8 Å². The van der Waals surface area contributed by atoms with E-state index in [0.717, 1.165) is 22.3 Å². The Labute approximate surface area is 135 Å². The van der Waals surface area contributed by atoms with Gasteiger partial charge in [-0.15, -0.1) is 0 Å². The van der Waals surface area contributed by atoms with E-state index in [0.29, 0.717) is 6.04 Å². The predicted octanol–water partition coefficient (Wildman–Crippen LogP) is 5.80. The molecule has 2 nitrogen and oxygen atoms in total. The number of nitrogens with one attached hydrogen (secondary N) is 1. The topological polar surface area (TPSA) is 21.3 Å². The van der Waals surface area contributed by atoms with E-state index < -0.39 is 0 Å². The Morgan fingerprint density at radius 2 is 1.90 bits per heavy atom. The third-order valence-corrected chi connectivity index (χ3v) is 4.03. The van der Waals surface area contributed by atoms with Gasteiger partial charge in [0.25, 0.3) is 0 Å². The number of anilines is 1. The molecule has 1 atom stereocenters. The lowest BCUT2D eigenvalue weighted by Crippen LogP contribution is -2.11. The zero-order chi connectivity index (χ0) is 15.1. The first kappa shape index (κ1) is 15.9. The second kappa shape index (κ2) is 8.08. The molecule has 0 aliphatic rings. The summed E-state index contributed by atoms with van der Waals surface area (Å²) in [6.07, 6.45) is 3.50. The van der Waals surface area contributed by atoms with Crippen LogP contribution < -0.4 is 10.1 Å². The van der Waals surface area contributed by atoms with Crippen LogP contribution in [0.15, 0.2) is 53.0 Å². The van der Waals surface area contributed by atoms with Crippen LogP contribution in [-0.4, -0.2) is 7.11 Å². The maximum Gasteiger partial charge on any atom is 0.142 e. The van der Waals surface area contributed by atoms with Gasteiger partial charge >= 0.3 is 0 Å². The largest absolute Gasteiger partial charge is 0.495 e. The van der Waals surface area contributed by atoms with Crippen LogP contribution >= 0.6 is 15.9 Å². The van der Waals surface area contributed by atoms with E-state index in [9.17, 15) is 0 Å². The van der Waals surface area contributed by atoms with Crippen LogP contribution in [0.5, 0.6) is 5.75 Å². The summed E-state index contributed by atoms with van der Waals surface area (Å²) in [4.78, 5) is 0. The molecule has 3 heteroatoms. The van der Waals surface area contributed by atoms with Crippen molar-refractivity contribution in [2.45, 2.75) is 32.2 Å². The summed E-state index contributed by atoms with van der Waals surface area (Å²) in [7, 11) is 1.71. The monoisotopic (exact) mass is 347 g/mol. The Kier molecular flexibility index (Phi) is 6.12. The molecule has 0 aromatic heterocycles. The lowest BCUT2D eigenvalue weighted by atomic mass is 10.0. The molecule has 0 aliphatic carbocycles. The maximum atomic E-state index is 5.46. The normalized spacial score (nSPS) is 12.0. The van der Waals surface area contributed by atoms with Gasteiger partial charge in [-0.3, -0.25) is 0 Å². The lowest BCUT2D eigenvalue weighted by molar-refractivity contribution is 0.415. The average molecular weight is 348 g/mol. The van der Waals surface area contributed by atoms with Gasteiger partial charge in [0.2, 0.25) is 0 Å². The minimum absolute atomic E-state index is 0.300. The highest BCUT2D eigenvalue weighted by atomic mass is 79.9. The van der Waals surface area contributed by atoms with Crippen molar-refractivity contribution in [2.24, 2.45) is 0 Å². The summed E-state index contributed by atoms with van der Waals surface area (Å²) in [6.45, 7) is 2.22. The molecule has 0 bridgehead atoms. The minimum atomic E-state index is 0.300. The molecule has 1 unspecified atom stereocenters. The Hall–Kier alpha value is -1.48. The van der Waals surface area contributed by atoms with Crippen LogP contribution in [-0.2, 0) is 0 Å². The van der Waals surface area contributed by atoms with Crippen LogP contribution in [0, 0.1) is 0 Å². The van der Waals surface area contributed by atoms with Gasteiger partial charge < -0.3 is 10.1 Å². The SMILES string of the molecule is CCCCC(Nc1cc(Br)ccc1OC)c1ccccc1. The van der Waals surface area contributed by atoms with Gasteiger partial charge in [-0.1, -0.05) is 66.0 Å². The highest BCUT2D eigenvalue weighted by Gasteiger charge is 2.13. The number of methoxy groups -OCH3 is 1. The average Bonchev–Trinajstić information content (AvgIpc) is 2.52. The standard InChI is InChI=1S/C18H22BrNO/c1-3-4-10-16(14-8-6-5-7-9-14)20-17-13-15(19)11-12-18(17)21-2/h5-9,11-13,16,20H,3-4,10H2,1-2H3. The molecule has 0 heterocycles. The van der Waals surface area contributed by atoms with Crippen molar-refractivity contribution in [1.29, 1.82) is 0 Å². The van der Waals surface area contributed by atoms with Gasteiger partial charge in [0.15, 0.2) is 0 Å². The summed E-state index contributed by atoms with van der Waals surface area (Å²) in [5, 5.41) is 3.64. The number of unbranched alkanes of at least 4 members (excludes halogenated alkanes) is 1. The molecule has 0 fully saturated rings. The highest BCUT2D eigenvalue weighted by Crippen LogP contribution is 2.32. The number of halogens is 1. The maximum absolute atomic E-state index is 5.46. The van der Waals surface area contributed by atoms with Crippen molar-refractivity contribution in [1.82, 2.24) is 0 Å². The molecule has 2 aromatic carbocycles. The van der Waals surface area contributed by atoms with Crippen molar-refractivity contribution in [2.75, 3.05) is 12.4 Å². The molecule has 0 aliphatic heterocycles. The molecular weight excluding hydrogens is 326 g/mol. The van der Waals surface area contributed by atoms with Crippen LogP contribution in [0.2, 0.25) is 0 Å². The smallest absolute Gasteiger partial charge is 0.142 e. The van der Waals surface area contributed by atoms with Crippen molar-refractivity contribution in [3.63, 3.8) is 0 Å². The summed E-state index contributed by atoms with van der Waals surface area (Å²) >= 11 is 3.53. The van der Waals surface area contributed by atoms with E-state index in [1.165, 1.54) is 18.4 Å². The molecule has 1 N–H and O–H groups in total. The number of hydrogen-bond donors (Lipinski definition) is 1. The Morgan fingerprint density at radius 3 is 2.57 bits per heavy atom. The molecule has 0 amide bonds. The van der Waals surface area contributed by atoms with Gasteiger partial charge in [0, 0.05) is 4.47 Å². The lowest BCUT2D eigenvalue weighted by Gasteiger charge is -2.22. The Morgan fingerprint density at radius 1 is 1.14 bits per heavy atom. The van der Waals surface area contributed by atoms with Crippen LogP contribution in [0.4, 0.5) is 5.69 Å². The minimum Gasteiger partial charge on any atom is -0.495 e. The summed E-state index contributed by atoms with van der Waals surface area (Å²) < 4.78 is 6.51. The zero-order valence-corrected chi connectivity index (χ0v) is 14.2. The second-order valence-electron chi connectivity index (χ2n) is 5.09. The fraction of sp³-hybridized carbons (Fsp3) is 0.333. The van der Waals surface area contributed by atoms with Gasteiger partial charge in [-0.2, -0.15) is 0 Å². The number of rotatable bonds is 7. The molecule has 2 aromatic rings. The zero-order valence-electron chi connectivity index (χ0n) is 12.6. The van der Waals surface area contributed by atoms with Crippen molar-refractivity contribution in [3.05, 3.63) is 58.6 Å². The molecule has 112 valence electrons. The van der Waals surface area contributed by atoms with E-state index >= 15 is 0 Å². The summed E-state index contributed by atoms with van der Waals surface area (Å²) in [5.74, 6) is 0.871. The summed E-state index contributed by atoms with van der Waals surface area (Å²) in [5.41, 5.74) is 2.34.